The monoisotopic (exact) mass is 181 g/mol. The minimum absolute atomic E-state index is 0.00926. The molecule has 13 heavy (non-hydrogen) atoms. The normalized spacial score (nSPS) is 30.0. The lowest BCUT2D eigenvalue weighted by molar-refractivity contribution is -0.132. The number of amides is 1. The van der Waals surface area contributed by atoms with E-state index >= 15 is 0 Å². The zero-order valence-electron chi connectivity index (χ0n) is 8.68. The second kappa shape index (κ2) is 3.95. The summed E-state index contributed by atoms with van der Waals surface area (Å²) in [5, 5.41) is 0. The summed E-state index contributed by atoms with van der Waals surface area (Å²) < 4.78 is 0. The maximum Gasteiger partial charge on any atom is 0.226 e. The van der Waals surface area contributed by atoms with Crippen molar-refractivity contribution in [2.24, 2.45) is 0 Å². The van der Waals surface area contributed by atoms with E-state index < -0.39 is 0 Å². The Morgan fingerprint density at radius 2 is 2.31 bits per heavy atom. The van der Waals surface area contributed by atoms with Gasteiger partial charge < -0.3 is 4.90 Å². The smallest absolute Gasteiger partial charge is 0.226 e. The highest BCUT2D eigenvalue weighted by Crippen LogP contribution is 2.30. The highest BCUT2D eigenvalue weighted by molar-refractivity contribution is 5.78. The van der Waals surface area contributed by atoms with Gasteiger partial charge in [-0.25, -0.2) is 0 Å². The zero-order chi connectivity index (χ0) is 9.90. The molecule has 0 bridgehead atoms. The Balaban J connectivity index is 2.89. The van der Waals surface area contributed by atoms with Crippen molar-refractivity contribution in [1.29, 1.82) is 0 Å². The molecule has 0 aliphatic carbocycles. The van der Waals surface area contributed by atoms with Gasteiger partial charge in [0, 0.05) is 18.2 Å². The number of hydrogen-bond donors (Lipinski definition) is 0. The van der Waals surface area contributed by atoms with Gasteiger partial charge in [0.1, 0.15) is 0 Å². The lowest BCUT2D eigenvalue weighted by Crippen LogP contribution is -2.44. The van der Waals surface area contributed by atoms with Crippen molar-refractivity contribution in [3.63, 3.8) is 0 Å². The molecule has 2 nitrogen and oxygen atoms in total. The SMILES string of the molecule is C=CN1C(=O)CCCCC1(C)CC. The molecule has 74 valence electrons. The van der Waals surface area contributed by atoms with Gasteiger partial charge in [0.2, 0.25) is 5.91 Å². The van der Waals surface area contributed by atoms with Crippen LogP contribution in [0.25, 0.3) is 0 Å². The van der Waals surface area contributed by atoms with E-state index in [4.69, 9.17) is 0 Å². The molecule has 1 unspecified atom stereocenters. The van der Waals surface area contributed by atoms with Crippen molar-refractivity contribution >= 4 is 5.91 Å². The number of rotatable bonds is 2. The van der Waals surface area contributed by atoms with Crippen molar-refractivity contribution < 1.29 is 4.79 Å². The van der Waals surface area contributed by atoms with E-state index in [0.717, 1.165) is 25.7 Å². The maximum atomic E-state index is 11.7. The topological polar surface area (TPSA) is 20.3 Å². The van der Waals surface area contributed by atoms with Gasteiger partial charge in [0.15, 0.2) is 0 Å². The molecule has 1 heterocycles. The van der Waals surface area contributed by atoms with E-state index in [9.17, 15) is 4.79 Å². The third-order valence-electron chi connectivity index (χ3n) is 3.15. The Hall–Kier alpha value is -0.790. The molecule has 0 aromatic carbocycles. The van der Waals surface area contributed by atoms with Gasteiger partial charge in [-0.05, 0) is 26.2 Å². The Kier molecular flexibility index (Phi) is 3.12. The van der Waals surface area contributed by atoms with Gasteiger partial charge in [0.05, 0.1) is 0 Å². The van der Waals surface area contributed by atoms with E-state index in [1.807, 2.05) is 4.90 Å². The third kappa shape index (κ3) is 1.93. The summed E-state index contributed by atoms with van der Waals surface area (Å²) in [4.78, 5) is 13.5. The van der Waals surface area contributed by atoms with Crippen LogP contribution in [0, 0.1) is 0 Å². The molecule has 0 aromatic heterocycles. The van der Waals surface area contributed by atoms with Crippen LogP contribution in [0.3, 0.4) is 0 Å². The molecule has 0 spiro atoms. The van der Waals surface area contributed by atoms with Crippen LogP contribution in [0.4, 0.5) is 0 Å². The van der Waals surface area contributed by atoms with E-state index in [1.165, 1.54) is 0 Å². The first-order valence-electron chi connectivity index (χ1n) is 5.09. The van der Waals surface area contributed by atoms with E-state index in [-0.39, 0.29) is 11.4 Å². The van der Waals surface area contributed by atoms with Gasteiger partial charge in [-0.2, -0.15) is 0 Å². The summed E-state index contributed by atoms with van der Waals surface area (Å²) in [6, 6.07) is 0. The summed E-state index contributed by atoms with van der Waals surface area (Å²) in [6.45, 7) is 8.01. The van der Waals surface area contributed by atoms with Crippen LogP contribution in [0.5, 0.6) is 0 Å². The lowest BCUT2D eigenvalue weighted by atomic mass is 9.91. The number of carbonyl (C=O) groups excluding carboxylic acids is 1. The minimum Gasteiger partial charge on any atom is -0.314 e. The van der Waals surface area contributed by atoms with Crippen LogP contribution >= 0.6 is 0 Å². The highest BCUT2D eigenvalue weighted by Gasteiger charge is 2.33. The first kappa shape index (κ1) is 10.3. The van der Waals surface area contributed by atoms with Crippen molar-refractivity contribution in [2.45, 2.75) is 51.5 Å². The van der Waals surface area contributed by atoms with Gasteiger partial charge >= 0.3 is 0 Å². The van der Waals surface area contributed by atoms with Gasteiger partial charge in [-0.3, -0.25) is 4.79 Å². The van der Waals surface area contributed by atoms with Gasteiger partial charge in [0.25, 0.3) is 0 Å². The summed E-state index contributed by atoms with van der Waals surface area (Å²) in [5.74, 6) is 0.233. The molecule has 0 aromatic rings. The van der Waals surface area contributed by atoms with E-state index in [0.29, 0.717) is 6.42 Å². The first-order valence-corrected chi connectivity index (χ1v) is 5.09. The fraction of sp³-hybridized carbons (Fsp3) is 0.727. The van der Waals surface area contributed by atoms with Gasteiger partial charge in [-0.1, -0.05) is 19.9 Å². The van der Waals surface area contributed by atoms with Crippen LogP contribution in [-0.4, -0.2) is 16.3 Å². The maximum absolute atomic E-state index is 11.7. The van der Waals surface area contributed by atoms with Crippen molar-refractivity contribution in [3.05, 3.63) is 12.8 Å². The molecule has 1 fully saturated rings. The molecule has 1 aliphatic heterocycles. The molecule has 1 aliphatic rings. The number of hydrogen-bond acceptors (Lipinski definition) is 1. The summed E-state index contributed by atoms with van der Waals surface area (Å²) in [5.41, 5.74) is 0.00926. The molecule has 0 radical (unpaired) electrons. The number of nitrogens with zero attached hydrogens (tertiary/aromatic N) is 1. The quantitative estimate of drug-likeness (QED) is 0.641. The predicted molar refractivity (Wildman–Crippen MR) is 54.2 cm³/mol. The lowest BCUT2D eigenvalue weighted by Gasteiger charge is -2.37. The van der Waals surface area contributed by atoms with Crippen molar-refractivity contribution in [3.8, 4) is 0 Å². The van der Waals surface area contributed by atoms with Crippen LogP contribution in [0.1, 0.15) is 46.0 Å². The standard InChI is InChI=1S/C11H19NO/c1-4-11(3)9-7-6-8-10(13)12(11)5-2/h5H,2,4,6-9H2,1,3H3. The molecule has 2 heteroatoms. The fourth-order valence-electron chi connectivity index (χ4n) is 1.99. The first-order chi connectivity index (χ1) is 6.14. The minimum atomic E-state index is 0.00926. The van der Waals surface area contributed by atoms with E-state index in [2.05, 4.69) is 20.4 Å². The van der Waals surface area contributed by atoms with Crippen LogP contribution in [0.2, 0.25) is 0 Å². The number of carbonyl (C=O) groups is 1. The Morgan fingerprint density at radius 3 is 2.85 bits per heavy atom. The van der Waals surface area contributed by atoms with Crippen LogP contribution in [-0.2, 0) is 4.79 Å². The molecule has 1 rings (SSSR count). The average molecular weight is 181 g/mol. The predicted octanol–water partition coefficient (Wildman–Crippen LogP) is 2.70. The Morgan fingerprint density at radius 1 is 1.62 bits per heavy atom. The largest absolute Gasteiger partial charge is 0.314 e. The summed E-state index contributed by atoms with van der Waals surface area (Å²) in [6.07, 6.45) is 6.66. The van der Waals surface area contributed by atoms with E-state index in [1.54, 1.807) is 6.20 Å². The second-order valence-electron chi connectivity index (χ2n) is 4.00. The summed E-state index contributed by atoms with van der Waals surface area (Å²) in [7, 11) is 0. The molecule has 0 N–H and O–H groups in total. The molecule has 1 saturated heterocycles. The van der Waals surface area contributed by atoms with Crippen LogP contribution in [0.15, 0.2) is 12.8 Å². The third-order valence-corrected chi connectivity index (χ3v) is 3.15. The Labute approximate surface area is 80.6 Å². The zero-order valence-corrected chi connectivity index (χ0v) is 8.68. The molecule has 1 atom stereocenters. The van der Waals surface area contributed by atoms with Crippen molar-refractivity contribution in [2.75, 3.05) is 0 Å². The summed E-state index contributed by atoms with van der Waals surface area (Å²) >= 11 is 0. The van der Waals surface area contributed by atoms with Crippen LogP contribution < -0.4 is 0 Å². The molecule has 1 amide bonds. The highest BCUT2D eigenvalue weighted by atomic mass is 16.2. The average Bonchev–Trinajstić information content (AvgIpc) is 2.26. The van der Waals surface area contributed by atoms with Crippen molar-refractivity contribution in [1.82, 2.24) is 4.90 Å². The number of likely N-dealkylation sites (tertiary alicyclic amines) is 1. The second-order valence-corrected chi connectivity index (χ2v) is 4.00. The van der Waals surface area contributed by atoms with Gasteiger partial charge in [-0.15, -0.1) is 0 Å². The molecular weight excluding hydrogens is 162 g/mol. The fourth-order valence-corrected chi connectivity index (χ4v) is 1.99. The molecular formula is C11H19NO. The Bertz CT molecular complexity index is 212. The molecule has 0 saturated carbocycles.